The van der Waals surface area contributed by atoms with E-state index in [-0.39, 0.29) is 5.92 Å². The smallest absolute Gasteiger partial charge is 0.119 e. The maximum atomic E-state index is 11.3. The number of aliphatic hydroxyl groups is 1. The summed E-state index contributed by atoms with van der Waals surface area (Å²) in [6.07, 6.45) is 0.830. The maximum absolute atomic E-state index is 11.3. The Kier molecular flexibility index (Phi) is 4.35. The third-order valence-electron chi connectivity index (χ3n) is 3.80. The summed E-state index contributed by atoms with van der Waals surface area (Å²) >= 11 is 0. The first kappa shape index (κ1) is 13.8. The first-order chi connectivity index (χ1) is 9.23. The summed E-state index contributed by atoms with van der Waals surface area (Å²) in [5.41, 5.74) is 6.67. The molecule has 2 heteroatoms. The van der Waals surface area contributed by atoms with Crippen LogP contribution in [0.15, 0.2) is 60.7 Å². The van der Waals surface area contributed by atoms with Gasteiger partial charge in [0.05, 0.1) is 0 Å². The van der Waals surface area contributed by atoms with Crippen molar-refractivity contribution >= 4 is 0 Å². The molecule has 2 nitrogen and oxygen atoms in total. The van der Waals surface area contributed by atoms with Crippen LogP contribution in [-0.2, 0) is 5.60 Å². The molecule has 0 aliphatic heterocycles. The number of hydrogen-bond acceptors (Lipinski definition) is 2. The third-order valence-corrected chi connectivity index (χ3v) is 3.80. The summed E-state index contributed by atoms with van der Waals surface area (Å²) < 4.78 is 0. The molecule has 1 atom stereocenters. The molecule has 0 radical (unpaired) electrons. The standard InChI is InChI=1S/C17H21NO/c1-2-14(13-18)17(19,15-9-5-3-6-10-15)16-11-7-4-8-12-16/h3-12,14,19H,2,13,18H2,1H3/t14-/m0/s1. The third kappa shape index (κ3) is 2.55. The fraction of sp³-hybridized carbons (Fsp3) is 0.294. The van der Waals surface area contributed by atoms with Gasteiger partial charge in [0.15, 0.2) is 0 Å². The van der Waals surface area contributed by atoms with Crippen LogP contribution in [0.3, 0.4) is 0 Å². The van der Waals surface area contributed by atoms with Gasteiger partial charge in [0.1, 0.15) is 5.60 Å². The average Bonchev–Trinajstić information content (AvgIpc) is 2.50. The Morgan fingerprint density at radius 3 is 1.68 bits per heavy atom. The van der Waals surface area contributed by atoms with Crippen LogP contribution in [0.2, 0.25) is 0 Å². The molecule has 100 valence electrons. The Morgan fingerprint density at radius 2 is 1.37 bits per heavy atom. The second kappa shape index (κ2) is 6.00. The highest BCUT2D eigenvalue weighted by Crippen LogP contribution is 2.37. The molecule has 0 heterocycles. The van der Waals surface area contributed by atoms with Crippen LogP contribution >= 0.6 is 0 Å². The van der Waals surface area contributed by atoms with Crippen LogP contribution in [-0.4, -0.2) is 11.7 Å². The van der Waals surface area contributed by atoms with Gasteiger partial charge in [-0.05, 0) is 24.1 Å². The Bertz CT molecular complexity index is 452. The van der Waals surface area contributed by atoms with E-state index in [0.717, 1.165) is 17.5 Å². The fourth-order valence-corrected chi connectivity index (χ4v) is 2.66. The summed E-state index contributed by atoms with van der Waals surface area (Å²) in [6.45, 7) is 2.52. The molecule has 2 aromatic rings. The van der Waals surface area contributed by atoms with Crippen molar-refractivity contribution in [3.8, 4) is 0 Å². The van der Waals surface area contributed by atoms with Crippen LogP contribution in [0.5, 0.6) is 0 Å². The van der Waals surface area contributed by atoms with Crippen LogP contribution < -0.4 is 5.73 Å². The first-order valence-electron chi connectivity index (χ1n) is 6.77. The van der Waals surface area contributed by atoms with Gasteiger partial charge >= 0.3 is 0 Å². The topological polar surface area (TPSA) is 46.2 Å². The highest BCUT2D eigenvalue weighted by molar-refractivity contribution is 5.37. The van der Waals surface area contributed by atoms with E-state index in [1.807, 2.05) is 60.7 Å². The minimum Gasteiger partial charge on any atom is -0.380 e. The maximum Gasteiger partial charge on any atom is 0.119 e. The van der Waals surface area contributed by atoms with Gasteiger partial charge in [-0.3, -0.25) is 0 Å². The van der Waals surface area contributed by atoms with Crippen molar-refractivity contribution in [1.29, 1.82) is 0 Å². The Labute approximate surface area is 114 Å². The van der Waals surface area contributed by atoms with Gasteiger partial charge < -0.3 is 10.8 Å². The number of nitrogens with two attached hydrogens (primary N) is 1. The lowest BCUT2D eigenvalue weighted by molar-refractivity contribution is 0.0180. The van der Waals surface area contributed by atoms with Crippen LogP contribution in [0.1, 0.15) is 24.5 Å². The van der Waals surface area contributed by atoms with Gasteiger partial charge in [0, 0.05) is 5.92 Å². The summed E-state index contributed by atoms with van der Waals surface area (Å²) in [7, 11) is 0. The first-order valence-corrected chi connectivity index (χ1v) is 6.77. The zero-order valence-electron chi connectivity index (χ0n) is 11.3. The molecule has 0 saturated heterocycles. The summed E-state index contributed by atoms with van der Waals surface area (Å²) in [6, 6.07) is 19.6. The predicted molar refractivity (Wildman–Crippen MR) is 78.7 cm³/mol. The van der Waals surface area contributed by atoms with E-state index < -0.39 is 5.60 Å². The quantitative estimate of drug-likeness (QED) is 0.863. The average molecular weight is 255 g/mol. The van der Waals surface area contributed by atoms with E-state index in [2.05, 4.69) is 6.92 Å². The second-order valence-corrected chi connectivity index (χ2v) is 4.84. The molecule has 2 aromatic carbocycles. The fourth-order valence-electron chi connectivity index (χ4n) is 2.66. The SMILES string of the molecule is CC[C@@H](CN)C(O)(c1ccccc1)c1ccccc1. The molecule has 0 fully saturated rings. The minimum atomic E-state index is -1.02. The van der Waals surface area contributed by atoms with E-state index in [4.69, 9.17) is 5.73 Å². The largest absolute Gasteiger partial charge is 0.380 e. The van der Waals surface area contributed by atoms with E-state index in [0.29, 0.717) is 6.54 Å². The monoisotopic (exact) mass is 255 g/mol. The summed E-state index contributed by atoms with van der Waals surface area (Å²) in [5.74, 6) is -0.00250. The van der Waals surface area contributed by atoms with Gasteiger partial charge in [-0.2, -0.15) is 0 Å². The molecular formula is C17H21NO. The van der Waals surface area contributed by atoms with E-state index >= 15 is 0 Å². The predicted octanol–water partition coefficient (Wildman–Crippen LogP) is 2.91. The van der Waals surface area contributed by atoms with Crippen LogP contribution in [0.25, 0.3) is 0 Å². The molecule has 0 aliphatic rings. The van der Waals surface area contributed by atoms with Crippen molar-refractivity contribution < 1.29 is 5.11 Å². The zero-order chi connectivity index (χ0) is 13.7. The van der Waals surface area contributed by atoms with Crippen molar-refractivity contribution in [3.63, 3.8) is 0 Å². The van der Waals surface area contributed by atoms with E-state index in [1.165, 1.54) is 0 Å². The highest BCUT2D eigenvalue weighted by Gasteiger charge is 2.38. The van der Waals surface area contributed by atoms with Crippen LogP contribution in [0.4, 0.5) is 0 Å². The molecule has 0 amide bonds. The summed E-state index contributed by atoms with van der Waals surface area (Å²) in [5, 5.41) is 11.3. The molecule has 0 unspecified atom stereocenters. The summed E-state index contributed by atoms with van der Waals surface area (Å²) in [4.78, 5) is 0. The van der Waals surface area contributed by atoms with Gasteiger partial charge in [-0.1, -0.05) is 67.6 Å². The lowest BCUT2D eigenvalue weighted by atomic mass is 9.75. The Balaban J connectivity index is 2.57. The van der Waals surface area contributed by atoms with Crippen molar-refractivity contribution in [2.45, 2.75) is 18.9 Å². The Morgan fingerprint density at radius 1 is 0.947 bits per heavy atom. The van der Waals surface area contributed by atoms with Crippen molar-refractivity contribution in [3.05, 3.63) is 71.8 Å². The molecule has 2 rings (SSSR count). The molecule has 19 heavy (non-hydrogen) atoms. The second-order valence-electron chi connectivity index (χ2n) is 4.84. The van der Waals surface area contributed by atoms with Gasteiger partial charge in [-0.15, -0.1) is 0 Å². The molecule has 3 N–H and O–H groups in total. The van der Waals surface area contributed by atoms with Crippen LogP contribution in [0, 0.1) is 5.92 Å². The van der Waals surface area contributed by atoms with Crippen molar-refractivity contribution in [2.24, 2.45) is 11.7 Å². The Hall–Kier alpha value is -1.64. The molecular weight excluding hydrogens is 234 g/mol. The number of rotatable bonds is 5. The molecule has 0 spiro atoms. The number of benzene rings is 2. The van der Waals surface area contributed by atoms with Gasteiger partial charge in [0.25, 0.3) is 0 Å². The molecule has 0 aliphatic carbocycles. The normalized spacial score (nSPS) is 13.2. The molecule has 0 aromatic heterocycles. The lowest BCUT2D eigenvalue weighted by Gasteiger charge is -2.36. The van der Waals surface area contributed by atoms with E-state index in [1.54, 1.807) is 0 Å². The van der Waals surface area contributed by atoms with Crippen molar-refractivity contribution in [2.75, 3.05) is 6.54 Å². The zero-order valence-corrected chi connectivity index (χ0v) is 11.3. The lowest BCUT2D eigenvalue weighted by Crippen LogP contribution is -2.40. The van der Waals surface area contributed by atoms with Gasteiger partial charge in [-0.25, -0.2) is 0 Å². The minimum absolute atomic E-state index is 0.00250. The molecule has 0 saturated carbocycles. The van der Waals surface area contributed by atoms with Gasteiger partial charge in [0.2, 0.25) is 0 Å². The molecule has 0 bridgehead atoms. The number of hydrogen-bond donors (Lipinski definition) is 2. The van der Waals surface area contributed by atoms with E-state index in [9.17, 15) is 5.11 Å². The van der Waals surface area contributed by atoms with Crippen molar-refractivity contribution in [1.82, 2.24) is 0 Å². The highest BCUT2D eigenvalue weighted by atomic mass is 16.3.